The summed E-state index contributed by atoms with van der Waals surface area (Å²) in [5, 5.41) is 1.78. The van der Waals surface area contributed by atoms with Crippen LogP contribution in [0.5, 0.6) is 5.75 Å². The van der Waals surface area contributed by atoms with Gasteiger partial charge in [-0.2, -0.15) is 0 Å². The number of carbonyl (C=O) groups excluding carboxylic acids is 1. The van der Waals surface area contributed by atoms with E-state index in [1.54, 1.807) is 17.4 Å². The van der Waals surface area contributed by atoms with Crippen molar-refractivity contribution in [1.82, 2.24) is 0 Å². The van der Waals surface area contributed by atoms with Crippen molar-refractivity contribution in [3.63, 3.8) is 0 Å². The molecular formula is C22H19F4NO3. The Bertz CT molecular complexity index is 1040. The molecule has 0 saturated heterocycles. The summed E-state index contributed by atoms with van der Waals surface area (Å²) in [7, 11) is 0. The smallest absolute Gasteiger partial charge is 0.291 e. The molecule has 0 aliphatic heterocycles. The van der Waals surface area contributed by atoms with Gasteiger partial charge in [-0.3, -0.25) is 4.79 Å². The van der Waals surface area contributed by atoms with Gasteiger partial charge in [0.25, 0.3) is 5.91 Å². The minimum absolute atomic E-state index is 0.000536. The highest BCUT2D eigenvalue weighted by Crippen LogP contribution is 2.26. The molecule has 1 amide bonds. The third-order valence-corrected chi connectivity index (χ3v) is 4.34. The van der Waals surface area contributed by atoms with Gasteiger partial charge in [0.15, 0.2) is 29.0 Å². The number of hydrogen-bond donors (Lipinski definition) is 1. The van der Waals surface area contributed by atoms with E-state index in [0.717, 1.165) is 5.56 Å². The fourth-order valence-corrected chi connectivity index (χ4v) is 2.64. The fourth-order valence-electron chi connectivity index (χ4n) is 2.64. The molecule has 0 aliphatic rings. The van der Waals surface area contributed by atoms with Crippen LogP contribution in [0.15, 0.2) is 46.9 Å². The monoisotopic (exact) mass is 421 g/mol. The van der Waals surface area contributed by atoms with Gasteiger partial charge in [0, 0.05) is 6.07 Å². The first-order chi connectivity index (χ1) is 14.1. The lowest BCUT2D eigenvalue weighted by Crippen LogP contribution is -2.15. The van der Waals surface area contributed by atoms with Crippen LogP contribution in [-0.4, -0.2) is 5.91 Å². The molecule has 0 fully saturated rings. The van der Waals surface area contributed by atoms with E-state index < -0.39 is 34.9 Å². The molecule has 3 rings (SSSR count). The number of amides is 1. The van der Waals surface area contributed by atoms with Gasteiger partial charge in [-0.05, 0) is 35.2 Å². The van der Waals surface area contributed by atoms with Crippen molar-refractivity contribution >= 4 is 11.6 Å². The Morgan fingerprint density at radius 3 is 2.13 bits per heavy atom. The maximum atomic E-state index is 13.7. The predicted octanol–water partition coefficient (Wildman–Crippen LogP) is 5.96. The highest BCUT2D eigenvalue weighted by molar-refractivity contribution is 6.02. The van der Waals surface area contributed by atoms with Crippen LogP contribution in [0.3, 0.4) is 0 Å². The number of halogens is 4. The molecule has 158 valence electrons. The van der Waals surface area contributed by atoms with Crippen molar-refractivity contribution in [2.75, 3.05) is 5.32 Å². The molecule has 3 aromatic rings. The van der Waals surface area contributed by atoms with Gasteiger partial charge in [0.1, 0.15) is 23.8 Å². The molecule has 0 spiro atoms. The molecule has 0 radical (unpaired) electrons. The Labute approximate surface area is 170 Å². The van der Waals surface area contributed by atoms with Crippen LogP contribution >= 0.6 is 0 Å². The Hall–Kier alpha value is -3.29. The number of furan rings is 1. The number of nitrogens with one attached hydrogen (secondary N) is 1. The molecule has 0 atom stereocenters. The van der Waals surface area contributed by atoms with E-state index in [1.165, 1.54) is 12.1 Å². The third-order valence-electron chi connectivity index (χ3n) is 4.34. The van der Waals surface area contributed by atoms with Crippen molar-refractivity contribution < 1.29 is 31.5 Å². The molecule has 30 heavy (non-hydrogen) atoms. The number of benzene rings is 2. The summed E-state index contributed by atoms with van der Waals surface area (Å²) in [5.41, 5.74) is -0.0867. The number of rotatable bonds is 5. The lowest BCUT2D eigenvalue weighted by Gasteiger charge is -2.19. The number of carbonyl (C=O) groups is 1. The van der Waals surface area contributed by atoms with Gasteiger partial charge >= 0.3 is 0 Å². The van der Waals surface area contributed by atoms with Crippen LogP contribution in [0.25, 0.3) is 0 Å². The predicted molar refractivity (Wildman–Crippen MR) is 102 cm³/mol. The molecule has 0 unspecified atom stereocenters. The lowest BCUT2D eigenvalue weighted by molar-refractivity contribution is 0.0991. The summed E-state index contributed by atoms with van der Waals surface area (Å²) in [5.74, 6) is -7.20. The summed E-state index contributed by atoms with van der Waals surface area (Å²) < 4.78 is 64.8. The van der Waals surface area contributed by atoms with E-state index in [2.05, 4.69) is 20.8 Å². The van der Waals surface area contributed by atoms with Crippen molar-refractivity contribution in [1.29, 1.82) is 0 Å². The van der Waals surface area contributed by atoms with Crippen molar-refractivity contribution in [2.24, 2.45) is 0 Å². The van der Waals surface area contributed by atoms with Crippen LogP contribution in [0.1, 0.15) is 42.6 Å². The lowest BCUT2D eigenvalue weighted by atomic mass is 9.87. The minimum Gasteiger partial charge on any atom is -0.486 e. The van der Waals surface area contributed by atoms with E-state index in [9.17, 15) is 22.4 Å². The average Bonchev–Trinajstić information content (AvgIpc) is 3.17. The van der Waals surface area contributed by atoms with Gasteiger partial charge in [-0.1, -0.05) is 32.9 Å². The van der Waals surface area contributed by atoms with Crippen LogP contribution in [0.4, 0.5) is 23.2 Å². The molecular weight excluding hydrogens is 402 g/mol. The zero-order chi connectivity index (χ0) is 22.1. The van der Waals surface area contributed by atoms with E-state index in [-0.39, 0.29) is 29.6 Å². The summed E-state index contributed by atoms with van der Waals surface area (Å²) in [6.45, 7) is 6.27. The third kappa shape index (κ3) is 4.64. The highest BCUT2D eigenvalue weighted by atomic mass is 19.2. The van der Waals surface area contributed by atoms with Crippen molar-refractivity contribution in [3.05, 3.63) is 82.8 Å². The van der Waals surface area contributed by atoms with E-state index in [4.69, 9.17) is 9.15 Å². The van der Waals surface area contributed by atoms with E-state index >= 15 is 0 Å². The summed E-state index contributed by atoms with van der Waals surface area (Å²) in [4.78, 5) is 12.1. The first-order valence-corrected chi connectivity index (χ1v) is 9.02. The van der Waals surface area contributed by atoms with Gasteiger partial charge in [-0.25, -0.2) is 17.6 Å². The standard InChI is InChI=1S/C22H19F4NO3/c1-22(2,3)12-4-6-13(7-5-12)29-11-14-8-9-17(30-14)21(28)27-20-18(25)15(23)10-16(24)19(20)26/h4-10H,11H2,1-3H3,(H,27,28). The second-order valence-corrected chi connectivity index (χ2v) is 7.63. The van der Waals surface area contributed by atoms with Crippen molar-refractivity contribution in [3.8, 4) is 5.75 Å². The Morgan fingerprint density at radius 1 is 0.967 bits per heavy atom. The number of ether oxygens (including phenoxy) is 1. The number of anilines is 1. The minimum atomic E-state index is -1.71. The molecule has 4 nitrogen and oxygen atoms in total. The molecule has 1 heterocycles. The average molecular weight is 421 g/mol. The van der Waals surface area contributed by atoms with Gasteiger partial charge in [0.05, 0.1) is 0 Å². The van der Waals surface area contributed by atoms with Gasteiger partial charge in [-0.15, -0.1) is 0 Å². The van der Waals surface area contributed by atoms with E-state index in [1.807, 2.05) is 12.1 Å². The zero-order valence-electron chi connectivity index (χ0n) is 16.5. The fraction of sp³-hybridized carbons (Fsp3) is 0.227. The molecule has 0 aliphatic carbocycles. The molecule has 0 bridgehead atoms. The Kier molecular flexibility index (Phi) is 5.87. The van der Waals surface area contributed by atoms with Crippen molar-refractivity contribution in [2.45, 2.75) is 32.8 Å². The zero-order valence-corrected chi connectivity index (χ0v) is 16.5. The number of hydrogen-bond acceptors (Lipinski definition) is 3. The first kappa shape index (κ1) is 21.4. The normalized spacial score (nSPS) is 11.4. The second kappa shape index (κ2) is 8.22. The Morgan fingerprint density at radius 2 is 1.57 bits per heavy atom. The molecule has 1 N–H and O–H groups in total. The molecule has 0 saturated carbocycles. The van der Waals surface area contributed by atoms with E-state index in [0.29, 0.717) is 5.75 Å². The van der Waals surface area contributed by atoms with Gasteiger partial charge < -0.3 is 14.5 Å². The summed E-state index contributed by atoms with van der Waals surface area (Å²) >= 11 is 0. The Balaban J connectivity index is 1.66. The maximum Gasteiger partial charge on any atom is 0.291 e. The van der Waals surface area contributed by atoms with Crippen LogP contribution in [-0.2, 0) is 12.0 Å². The first-order valence-electron chi connectivity index (χ1n) is 9.02. The highest BCUT2D eigenvalue weighted by Gasteiger charge is 2.22. The second-order valence-electron chi connectivity index (χ2n) is 7.63. The molecule has 2 aromatic carbocycles. The van der Waals surface area contributed by atoms with Gasteiger partial charge in [0.2, 0.25) is 0 Å². The molecule has 1 aromatic heterocycles. The largest absolute Gasteiger partial charge is 0.486 e. The maximum absolute atomic E-state index is 13.7. The van der Waals surface area contributed by atoms with Crippen LogP contribution in [0.2, 0.25) is 0 Å². The van der Waals surface area contributed by atoms with Crippen LogP contribution < -0.4 is 10.1 Å². The molecule has 8 heteroatoms. The summed E-state index contributed by atoms with van der Waals surface area (Å²) in [6.07, 6.45) is 0. The quantitative estimate of drug-likeness (QED) is 0.408. The van der Waals surface area contributed by atoms with Crippen LogP contribution in [0, 0.1) is 23.3 Å². The summed E-state index contributed by atoms with van der Waals surface area (Å²) in [6, 6.07) is 10.2. The SMILES string of the molecule is CC(C)(C)c1ccc(OCc2ccc(C(=O)Nc3c(F)c(F)cc(F)c3F)o2)cc1. The topological polar surface area (TPSA) is 51.5 Å².